The number of rotatable bonds is 4. The summed E-state index contributed by atoms with van der Waals surface area (Å²) in [7, 11) is 0. The average Bonchev–Trinajstić information content (AvgIpc) is 3.28. The van der Waals surface area contributed by atoms with Crippen LogP contribution in [-0.2, 0) is 0 Å². The van der Waals surface area contributed by atoms with Gasteiger partial charge in [-0.3, -0.25) is 4.98 Å². The Morgan fingerprint density at radius 1 is 1.04 bits per heavy atom. The third-order valence-corrected chi connectivity index (χ3v) is 5.12. The molecule has 0 bridgehead atoms. The highest BCUT2D eigenvalue weighted by molar-refractivity contribution is 7.80. The largest absolute Gasteiger partial charge is 0.351 e. The summed E-state index contributed by atoms with van der Waals surface area (Å²) in [6.07, 6.45) is 6.19. The Morgan fingerprint density at radius 2 is 1.81 bits per heavy atom. The van der Waals surface area contributed by atoms with E-state index >= 15 is 0 Å². The first kappa shape index (κ1) is 16.8. The second-order valence-corrected chi connectivity index (χ2v) is 7.20. The number of hydrogen-bond acceptors (Lipinski definition) is 2. The lowest BCUT2D eigenvalue weighted by Crippen LogP contribution is -2.29. The van der Waals surface area contributed by atoms with Gasteiger partial charge in [0.25, 0.3) is 0 Å². The topological polar surface area (TPSA) is 33.1 Å². The molecule has 0 unspecified atom stereocenters. The molecule has 1 aliphatic rings. The lowest BCUT2D eigenvalue weighted by Gasteiger charge is -2.27. The van der Waals surface area contributed by atoms with Crippen LogP contribution in [0.2, 0.25) is 0 Å². The van der Waals surface area contributed by atoms with Crippen LogP contribution in [0.1, 0.15) is 43.2 Å². The molecular weight excluding hydrogens is 340 g/mol. The van der Waals surface area contributed by atoms with Gasteiger partial charge in [-0.15, -0.1) is 0 Å². The predicted molar refractivity (Wildman–Crippen MR) is 109 cm³/mol. The maximum Gasteiger partial charge on any atom is 0.174 e. The number of nitrogens with one attached hydrogen (secondary N) is 1. The summed E-state index contributed by atoms with van der Waals surface area (Å²) in [6, 6.07) is 19.0. The van der Waals surface area contributed by atoms with E-state index < -0.39 is 0 Å². The van der Waals surface area contributed by atoms with E-state index in [0.717, 1.165) is 16.5 Å². The van der Waals surface area contributed by atoms with Gasteiger partial charge in [0.1, 0.15) is 0 Å². The van der Waals surface area contributed by atoms with Gasteiger partial charge >= 0.3 is 0 Å². The molecule has 26 heavy (non-hydrogen) atoms. The number of hydrogen-bond donors (Lipinski definition) is 1. The molecule has 1 N–H and O–H groups in total. The fourth-order valence-corrected chi connectivity index (χ4v) is 3.83. The Morgan fingerprint density at radius 3 is 2.46 bits per heavy atom. The summed E-state index contributed by atoms with van der Waals surface area (Å²) in [6.45, 7) is 4.37. The standard InChI is InChI=1S/C21H22N4S/c1-15(2)24-13-11-16(14-24)20-19(18-10-6-7-12-22-18)23-21(26)25(20)17-8-4-3-5-9-17/h3-15,19-20H,1-2H3,(H,23,26)/t19-,20-/m0/s1. The van der Waals surface area contributed by atoms with Crippen LogP contribution in [0.15, 0.2) is 73.2 Å². The fraction of sp³-hybridized carbons (Fsp3) is 0.238. The quantitative estimate of drug-likeness (QED) is 0.686. The number of benzene rings is 1. The highest BCUT2D eigenvalue weighted by Crippen LogP contribution is 2.41. The van der Waals surface area contributed by atoms with Crippen molar-refractivity contribution >= 4 is 23.0 Å². The maximum atomic E-state index is 5.72. The zero-order valence-corrected chi connectivity index (χ0v) is 15.7. The fourth-order valence-electron chi connectivity index (χ4n) is 3.49. The third-order valence-electron chi connectivity index (χ3n) is 4.81. The van der Waals surface area contributed by atoms with E-state index in [9.17, 15) is 0 Å². The van der Waals surface area contributed by atoms with E-state index in [1.54, 1.807) is 0 Å². The molecule has 5 heteroatoms. The van der Waals surface area contributed by atoms with Crippen molar-refractivity contribution in [2.75, 3.05) is 4.90 Å². The Kier molecular flexibility index (Phi) is 4.47. The Hall–Kier alpha value is -2.66. The first-order chi connectivity index (χ1) is 12.6. The number of aromatic nitrogens is 2. The van der Waals surface area contributed by atoms with Crippen molar-refractivity contribution in [3.63, 3.8) is 0 Å². The Balaban J connectivity index is 1.81. The third kappa shape index (κ3) is 2.99. The molecule has 1 fully saturated rings. The Labute approximate surface area is 159 Å². The minimum absolute atomic E-state index is 0.00641. The number of para-hydroxylation sites is 1. The van der Waals surface area contributed by atoms with Crippen LogP contribution in [-0.4, -0.2) is 14.7 Å². The van der Waals surface area contributed by atoms with E-state index in [1.165, 1.54) is 5.56 Å². The van der Waals surface area contributed by atoms with Crippen molar-refractivity contribution < 1.29 is 0 Å². The lowest BCUT2D eigenvalue weighted by molar-refractivity contribution is 0.560. The van der Waals surface area contributed by atoms with E-state index in [4.69, 9.17) is 12.2 Å². The van der Waals surface area contributed by atoms with Gasteiger partial charge in [-0.2, -0.15) is 0 Å². The molecule has 0 aliphatic carbocycles. The average molecular weight is 363 g/mol. The highest BCUT2D eigenvalue weighted by atomic mass is 32.1. The van der Waals surface area contributed by atoms with Crippen molar-refractivity contribution in [2.24, 2.45) is 0 Å². The maximum absolute atomic E-state index is 5.72. The smallest absolute Gasteiger partial charge is 0.174 e. The lowest BCUT2D eigenvalue weighted by atomic mass is 9.98. The molecule has 0 amide bonds. The van der Waals surface area contributed by atoms with Gasteiger partial charge in [-0.05, 0) is 62.0 Å². The van der Waals surface area contributed by atoms with Gasteiger partial charge < -0.3 is 14.8 Å². The summed E-state index contributed by atoms with van der Waals surface area (Å²) >= 11 is 5.72. The highest BCUT2D eigenvalue weighted by Gasteiger charge is 2.40. The van der Waals surface area contributed by atoms with Crippen molar-refractivity contribution in [3.8, 4) is 0 Å². The van der Waals surface area contributed by atoms with Crippen LogP contribution < -0.4 is 10.2 Å². The van der Waals surface area contributed by atoms with Crippen LogP contribution in [0.4, 0.5) is 5.69 Å². The Bertz CT molecular complexity index is 889. The van der Waals surface area contributed by atoms with Crippen molar-refractivity contribution in [2.45, 2.75) is 32.0 Å². The normalized spacial score (nSPS) is 19.8. The molecule has 0 saturated carbocycles. The van der Waals surface area contributed by atoms with Gasteiger partial charge in [0.2, 0.25) is 0 Å². The summed E-state index contributed by atoms with van der Waals surface area (Å²) in [4.78, 5) is 6.79. The van der Waals surface area contributed by atoms with E-state index in [0.29, 0.717) is 6.04 Å². The zero-order valence-electron chi connectivity index (χ0n) is 14.9. The molecule has 132 valence electrons. The second kappa shape index (κ2) is 6.92. The predicted octanol–water partition coefficient (Wildman–Crippen LogP) is 4.64. The molecule has 1 saturated heterocycles. The monoisotopic (exact) mass is 362 g/mol. The first-order valence-electron chi connectivity index (χ1n) is 8.88. The molecule has 0 radical (unpaired) electrons. The van der Waals surface area contributed by atoms with Crippen molar-refractivity contribution in [1.29, 1.82) is 0 Å². The van der Waals surface area contributed by atoms with Gasteiger partial charge in [0.15, 0.2) is 5.11 Å². The van der Waals surface area contributed by atoms with Crippen molar-refractivity contribution in [1.82, 2.24) is 14.9 Å². The van der Waals surface area contributed by atoms with E-state index in [-0.39, 0.29) is 12.1 Å². The first-order valence-corrected chi connectivity index (χ1v) is 9.29. The molecule has 3 heterocycles. The molecule has 4 nitrogen and oxygen atoms in total. The summed E-state index contributed by atoms with van der Waals surface area (Å²) in [5, 5.41) is 4.22. The van der Waals surface area contributed by atoms with Gasteiger partial charge in [0, 0.05) is 30.3 Å². The van der Waals surface area contributed by atoms with Gasteiger partial charge in [-0.1, -0.05) is 24.3 Å². The number of pyridine rings is 1. The number of nitrogens with zero attached hydrogens (tertiary/aromatic N) is 3. The van der Waals surface area contributed by atoms with Crippen molar-refractivity contribution in [3.05, 3.63) is 84.4 Å². The molecule has 2 aromatic heterocycles. The number of thiocarbonyl (C=S) groups is 1. The molecular formula is C21H22N4S. The van der Waals surface area contributed by atoms with Crippen LogP contribution in [0.25, 0.3) is 0 Å². The molecule has 0 spiro atoms. The van der Waals surface area contributed by atoms with Crippen LogP contribution in [0, 0.1) is 0 Å². The summed E-state index contributed by atoms with van der Waals surface area (Å²) < 4.78 is 2.23. The second-order valence-electron chi connectivity index (χ2n) is 6.82. The summed E-state index contributed by atoms with van der Waals surface area (Å²) in [5.41, 5.74) is 3.31. The van der Waals surface area contributed by atoms with Crippen LogP contribution in [0.3, 0.4) is 0 Å². The van der Waals surface area contributed by atoms with Crippen LogP contribution >= 0.6 is 12.2 Å². The molecule has 1 aromatic carbocycles. The minimum atomic E-state index is 0.00641. The molecule has 2 atom stereocenters. The minimum Gasteiger partial charge on any atom is -0.351 e. The van der Waals surface area contributed by atoms with E-state index in [2.05, 4.69) is 70.3 Å². The zero-order chi connectivity index (χ0) is 18.1. The van der Waals surface area contributed by atoms with Gasteiger partial charge in [0.05, 0.1) is 17.8 Å². The van der Waals surface area contributed by atoms with Gasteiger partial charge in [-0.25, -0.2) is 0 Å². The number of anilines is 1. The molecule has 3 aromatic rings. The van der Waals surface area contributed by atoms with Crippen LogP contribution in [0.5, 0.6) is 0 Å². The van der Waals surface area contributed by atoms with E-state index in [1.807, 2.05) is 36.5 Å². The molecule has 4 rings (SSSR count). The molecule has 1 aliphatic heterocycles. The SMILES string of the molecule is CC(C)n1ccc([C@H]2[C@H](c3ccccn3)NC(=S)N2c2ccccc2)c1. The summed E-state index contributed by atoms with van der Waals surface area (Å²) in [5.74, 6) is 0.